The summed E-state index contributed by atoms with van der Waals surface area (Å²) in [6, 6.07) is 11.3. The number of anilines is 1. The quantitative estimate of drug-likeness (QED) is 0.121. The van der Waals surface area contributed by atoms with Crippen molar-refractivity contribution in [1.82, 2.24) is 15.5 Å². The number of halogens is 2. The molecule has 8 nitrogen and oxygen atoms in total. The topological polar surface area (TPSA) is 103 Å². The van der Waals surface area contributed by atoms with E-state index < -0.39 is 0 Å². The highest BCUT2D eigenvalue weighted by atomic mass is 35.5. The van der Waals surface area contributed by atoms with Crippen molar-refractivity contribution >= 4 is 40.7 Å². The summed E-state index contributed by atoms with van der Waals surface area (Å²) < 4.78 is 5.57. The van der Waals surface area contributed by atoms with E-state index in [0.29, 0.717) is 61.9 Å². The van der Waals surface area contributed by atoms with Gasteiger partial charge in [-0.1, -0.05) is 49.1 Å². The molecule has 1 unspecified atom stereocenters. The van der Waals surface area contributed by atoms with Crippen LogP contribution in [0.25, 0.3) is 0 Å². The minimum atomic E-state index is -0.279. The van der Waals surface area contributed by atoms with E-state index in [2.05, 4.69) is 20.9 Å². The van der Waals surface area contributed by atoms with Crippen LogP contribution in [-0.2, 0) is 22.4 Å². The molecule has 2 aromatic carbocycles. The summed E-state index contributed by atoms with van der Waals surface area (Å²) in [6.07, 6.45) is 7.39. The predicted octanol–water partition coefficient (Wildman–Crippen LogP) is 4.46. The Kier molecular flexibility index (Phi) is 11.1. The number of hydrogen-bond acceptors (Lipinski definition) is 6. The molecule has 1 heterocycles. The first-order valence-electron chi connectivity index (χ1n) is 13.8. The number of hydrogen-bond donors (Lipinski definition) is 4. The van der Waals surface area contributed by atoms with Gasteiger partial charge in [-0.2, -0.15) is 0 Å². The first kappa shape index (κ1) is 29.5. The molecule has 4 rings (SSSR count). The van der Waals surface area contributed by atoms with Crippen LogP contribution in [-0.4, -0.2) is 66.1 Å². The second-order valence-electron chi connectivity index (χ2n) is 10.2. The summed E-state index contributed by atoms with van der Waals surface area (Å²) >= 11 is 12.4. The molecular weight excluding hydrogens is 539 g/mol. The highest BCUT2D eigenvalue weighted by molar-refractivity contribution is 6.30. The SMILES string of the molecule is O=C1COc2c(CCNCCN(C(=O)CCNC(Cl)Cc3ccc(Cl)cc3)C3CCCCC3)ccc(O)c2N1. The van der Waals surface area contributed by atoms with Gasteiger partial charge in [0.25, 0.3) is 5.91 Å². The van der Waals surface area contributed by atoms with Crippen molar-refractivity contribution in [3.8, 4) is 11.5 Å². The lowest BCUT2D eigenvalue weighted by Gasteiger charge is -2.35. The van der Waals surface area contributed by atoms with Crippen LogP contribution >= 0.6 is 23.2 Å². The first-order valence-corrected chi connectivity index (χ1v) is 14.6. The normalized spacial score (nSPS) is 16.2. The van der Waals surface area contributed by atoms with Crippen LogP contribution in [0.3, 0.4) is 0 Å². The van der Waals surface area contributed by atoms with Gasteiger partial charge in [0.15, 0.2) is 12.4 Å². The van der Waals surface area contributed by atoms with Crippen molar-refractivity contribution < 1.29 is 19.4 Å². The van der Waals surface area contributed by atoms with E-state index in [1.54, 1.807) is 6.07 Å². The summed E-state index contributed by atoms with van der Waals surface area (Å²) in [4.78, 5) is 26.9. The monoisotopic (exact) mass is 576 g/mol. The standard InChI is InChI=1S/C29H38Cl2N4O4/c30-22-9-6-20(7-10-22)18-25(31)33-15-13-27(38)35(23-4-2-1-3-5-23)17-16-32-14-12-21-8-11-24(36)28-29(21)39-19-26(37)34-28/h6-11,23,25,32-33,36H,1-5,12-19H2,(H,34,37). The number of nitrogens with zero attached hydrogens (tertiary/aromatic N) is 1. The van der Waals surface area contributed by atoms with Gasteiger partial charge in [-0.15, -0.1) is 11.6 Å². The number of aromatic hydroxyl groups is 1. The van der Waals surface area contributed by atoms with Gasteiger partial charge in [-0.3, -0.25) is 9.59 Å². The van der Waals surface area contributed by atoms with Crippen LogP contribution in [0, 0.1) is 0 Å². The molecule has 2 aliphatic rings. The molecule has 0 spiro atoms. The highest BCUT2D eigenvalue weighted by Crippen LogP contribution is 2.39. The summed E-state index contributed by atoms with van der Waals surface area (Å²) in [6.45, 7) is 2.48. The number of fused-ring (bicyclic) bond motifs is 1. The summed E-state index contributed by atoms with van der Waals surface area (Å²) in [5.41, 5.74) is 2.08. The number of phenols is 1. The average Bonchev–Trinajstić information content (AvgIpc) is 2.93. The Hall–Kier alpha value is -2.52. The molecule has 2 amide bonds. The molecule has 0 aromatic heterocycles. The predicted molar refractivity (Wildman–Crippen MR) is 155 cm³/mol. The van der Waals surface area contributed by atoms with Gasteiger partial charge in [0.2, 0.25) is 5.91 Å². The third kappa shape index (κ3) is 8.73. The van der Waals surface area contributed by atoms with Crippen molar-refractivity contribution in [2.24, 2.45) is 0 Å². The number of carbonyl (C=O) groups is 2. The van der Waals surface area contributed by atoms with Crippen LogP contribution in [0.4, 0.5) is 5.69 Å². The molecule has 1 aliphatic heterocycles. The lowest BCUT2D eigenvalue weighted by atomic mass is 9.94. The molecule has 2 aromatic rings. The first-order chi connectivity index (χ1) is 18.9. The van der Waals surface area contributed by atoms with Crippen LogP contribution < -0.4 is 20.7 Å². The molecule has 1 aliphatic carbocycles. The number of amides is 2. The molecular formula is C29H38Cl2N4O4. The Morgan fingerprint density at radius 3 is 2.64 bits per heavy atom. The highest BCUT2D eigenvalue weighted by Gasteiger charge is 2.25. The minimum absolute atomic E-state index is 0.00338. The number of ether oxygens (including phenoxy) is 1. The summed E-state index contributed by atoms with van der Waals surface area (Å²) in [5.74, 6) is 0.398. The van der Waals surface area contributed by atoms with Gasteiger partial charge < -0.3 is 30.7 Å². The second-order valence-corrected chi connectivity index (χ2v) is 11.1. The van der Waals surface area contributed by atoms with Crippen LogP contribution in [0.15, 0.2) is 36.4 Å². The van der Waals surface area contributed by atoms with Crippen molar-refractivity contribution in [3.63, 3.8) is 0 Å². The molecule has 0 bridgehead atoms. The summed E-state index contributed by atoms with van der Waals surface area (Å²) in [5, 5.41) is 20.1. The number of nitrogens with one attached hydrogen (secondary N) is 3. The summed E-state index contributed by atoms with van der Waals surface area (Å²) in [7, 11) is 0. The van der Waals surface area contributed by atoms with E-state index in [9.17, 15) is 14.7 Å². The molecule has 212 valence electrons. The smallest absolute Gasteiger partial charge is 0.262 e. The largest absolute Gasteiger partial charge is 0.506 e. The third-order valence-corrected chi connectivity index (χ3v) is 7.86. The molecule has 1 fully saturated rings. The third-order valence-electron chi connectivity index (χ3n) is 7.30. The van der Waals surface area contributed by atoms with E-state index in [1.165, 1.54) is 6.42 Å². The molecule has 1 saturated carbocycles. The Labute approximate surface area is 240 Å². The van der Waals surface area contributed by atoms with Gasteiger partial charge in [-0.25, -0.2) is 0 Å². The van der Waals surface area contributed by atoms with Gasteiger partial charge in [0.05, 0.1) is 5.50 Å². The Morgan fingerprint density at radius 2 is 1.87 bits per heavy atom. The lowest BCUT2D eigenvalue weighted by molar-refractivity contribution is -0.134. The fourth-order valence-corrected chi connectivity index (χ4v) is 5.65. The van der Waals surface area contributed by atoms with Gasteiger partial charge >= 0.3 is 0 Å². The number of alkyl halides is 1. The van der Waals surface area contributed by atoms with E-state index in [1.807, 2.05) is 30.3 Å². The zero-order chi connectivity index (χ0) is 27.6. The number of rotatable bonds is 13. The molecule has 10 heteroatoms. The lowest BCUT2D eigenvalue weighted by Crippen LogP contribution is -2.46. The van der Waals surface area contributed by atoms with Crippen molar-refractivity contribution in [2.45, 2.75) is 62.9 Å². The maximum atomic E-state index is 13.2. The number of benzene rings is 2. The van der Waals surface area contributed by atoms with Crippen molar-refractivity contribution in [1.29, 1.82) is 0 Å². The average molecular weight is 578 g/mol. The fourth-order valence-electron chi connectivity index (χ4n) is 5.24. The molecule has 0 saturated heterocycles. The van der Waals surface area contributed by atoms with Crippen LogP contribution in [0.1, 0.15) is 49.7 Å². The molecule has 1 atom stereocenters. The van der Waals surface area contributed by atoms with E-state index in [0.717, 1.165) is 36.8 Å². The maximum Gasteiger partial charge on any atom is 0.262 e. The fraction of sp³-hybridized carbons (Fsp3) is 0.517. The van der Waals surface area contributed by atoms with Crippen LogP contribution in [0.5, 0.6) is 11.5 Å². The second kappa shape index (κ2) is 14.7. The Balaban J connectivity index is 1.23. The number of phenolic OH excluding ortho intramolecular Hbond substituents is 1. The van der Waals surface area contributed by atoms with Crippen molar-refractivity contribution in [2.75, 3.05) is 38.1 Å². The van der Waals surface area contributed by atoms with Gasteiger partial charge in [-0.05, 0) is 55.1 Å². The Bertz CT molecular complexity index is 1110. The van der Waals surface area contributed by atoms with Gasteiger partial charge in [0, 0.05) is 43.5 Å². The van der Waals surface area contributed by atoms with E-state index in [-0.39, 0.29) is 35.7 Å². The van der Waals surface area contributed by atoms with Crippen LogP contribution in [0.2, 0.25) is 5.02 Å². The van der Waals surface area contributed by atoms with E-state index in [4.69, 9.17) is 27.9 Å². The molecule has 0 radical (unpaired) electrons. The zero-order valence-corrected chi connectivity index (χ0v) is 23.7. The van der Waals surface area contributed by atoms with E-state index >= 15 is 0 Å². The zero-order valence-electron chi connectivity index (χ0n) is 22.2. The maximum absolute atomic E-state index is 13.2. The van der Waals surface area contributed by atoms with Gasteiger partial charge in [0.1, 0.15) is 11.4 Å². The minimum Gasteiger partial charge on any atom is -0.506 e. The molecule has 4 N–H and O–H groups in total. The van der Waals surface area contributed by atoms with Crippen molar-refractivity contribution in [3.05, 3.63) is 52.5 Å². The molecule has 39 heavy (non-hydrogen) atoms. The Morgan fingerprint density at radius 1 is 1.10 bits per heavy atom. The number of carbonyl (C=O) groups excluding carboxylic acids is 2.